The van der Waals surface area contributed by atoms with Crippen molar-refractivity contribution in [3.05, 3.63) is 81.2 Å². The third-order valence-corrected chi connectivity index (χ3v) is 7.07. The van der Waals surface area contributed by atoms with Crippen LogP contribution in [0.5, 0.6) is 0 Å². The van der Waals surface area contributed by atoms with Crippen LogP contribution < -0.4 is 0 Å². The first-order chi connectivity index (χ1) is 15.7. The molecule has 2 unspecified atom stereocenters. The van der Waals surface area contributed by atoms with Gasteiger partial charge in [-0.3, -0.25) is 9.59 Å². The Morgan fingerprint density at radius 1 is 0.676 bits per heavy atom. The van der Waals surface area contributed by atoms with Gasteiger partial charge in [0.15, 0.2) is 35.1 Å². The van der Waals surface area contributed by atoms with Crippen molar-refractivity contribution in [1.82, 2.24) is 0 Å². The van der Waals surface area contributed by atoms with E-state index >= 15 is 0 Å². The molecule has 0 bridgehead atoms. The number of carbonyl (C=O) groups excluding carboxylic acids is 2. The minimum absolute atomic E-state index is 0.172. The molecule has 0 aromatic heterocycles. The predicted molar refractivity (Wildman–Crippen MR) is 133 cm³/mol. The molecule has 0 heterocycles. The number of carbonyl (C=O) groups is 2. The number of hydroxylamine groups is 2. The Morgan fingerprint density at radius 3 is 1.29 bits per heavy atom. The summed E-state index contributed by atoms with van der Waals surface area (Å²) >= 11 is 0. The average Bonchev–Trinajstić information content (AvgIpc) is 3.20. The standard InChI is InChI=1S/C28H32N2O4/c1-25(2,3)29(33)17-27(15-19-11-7-9-13-21(19)23(27)31)28(18-30(34)26(4,5)6)16-20-12-8-10-14-22(20)24(28)32/h7-14,17-18H,15-16H2,1-6H3/b29-17-,30-18?. The van der Waals surface area contributed by atoms with Crippen molar-refractivity contribution in [2.24, 2.45) is 10.8 Å². The lowest BCUT2D eigenvalue weighted by molar-refractivity contribution is -0.537. The van der Waals surface area contributed by atoms with E-state index in [1.807, 2.05) is 24.3 Å². The van der Waals surface area contributed by atoms with Gasteiger partial charge < -0.3 is 10.4 Å². The van der Waals surface area contributed by atoms with Crippen LogP contribution in [0.3, 0.4) is 0 Å². The molecule has 34 heavy (non-hydrogen) atoms. The third-order valence-electron chi connectivity index (χ3n) is 7.07. The molecule has 0 saturated carbocycles. The molecule has 0 saturated heterocycles. The zero-order valence-corrected chi connectivity index (χ0v) is 20.7. The number of hydrogen-bond acceptors (Lipinski definition) is 4. The largest absolute Gasteiger partial charge is 0.624 e. The molecule has 0 aliphatic heterocycles. The van der Waals surface area contributed by atoms with Gasteiger partial charge in [-0.05, 0) is 24.0 Å². The second kappa shape index (κ2) is 7.62. The Hall–Kier alpha value is -3.28. The van der Waals surface area contributed by atoms with E-state index in [-0.39, 0.29) is 24.4 Å². The maximum atomic E-state index is 14.2. The van der Waals surface area contributed by atoms with Crippen LogP contribution in [0.1, 0.15) is 73.4 Å². The van der Waals surface area contributed by atoms with Crippen molar-refractivity contribution >= 4 is 24.0 Å². The highest BCUT2D eigenvalue weighted by molar-refractivity contribution is 6.24. The Bertz CT molecular complexity index is 1150. The summed E-state index contributed by atoms with van der Waals surface area (Å²) in [5.74, 6) is -0.596. The first-order valence-corrected chi connectivity index (χ1v) is 11.6. The van der Waals surface area contributed by atoms with E-state index in [0.29, 0.717) is 11.1 Å². The van der Waals surface area contributed by atoms with Gasteiger partial charge in [0, 0.05) is 52.7 Å². The second-order valence-corrected chi connectivity index (χ2v) is 11.5. The summed E-state index contributed by atoms with van der Waals surface area (Å²) in [6.07, 6.45) is 3.11. The van der Waals surface area contributed by atoms with Crippen LogP contribution in [0.4, 0.5) is 0 Å². The number of fused-ring (bicyclic) bond motifs is 2. The summed E-state index contributed by atoms with van der Waals surface area (Å²) in [5.41, 5.74) is -2.20. The van der Waals surface area contributed by atoms with Crippen molar-refractivity contribution in [1.29, 1.82) is 0 Å². The van der Waals surface area contributed by atoms with Crippen LogP contribution in [-0.2, 0) is 12.8 Å². The van der Waals surface area contributed by atoms with Gasteiger partial charge in [-0.25, -0.2) is 9.48 Å². The highest BCUT2D eigenvalue weighted by Gasteiger charge is 2.68. The van der Waals surface area contributed by atoms with Crippen LogP contribution in [-0.4, -0.2) is 44.6 Å². The summed E-state index contributed by atoms with van der Waals surface area (Å²) in [4.78, 5) is 28.4. The smallest absolute Gasteiger partial charge is 0.181 e. The Balaban J connectivity index is 2.09. The quantitative estimate of drug-likeness (QED) is 0.290. The summed E-state index contributed by atoms with van der Waals surface area (Å²) < 4.78 is 1.55. The predicted octanol–water partition coefficient (Wildman–Crippen LogP) is 4.60. The lowest BCUT2D eigenvalue weighted by atomic mass is 9.59. The number of nitrogens with zero attached hydrogens (tertiary/aromatic N) is 2. The van der Waals surface area contributed by atoms with Crippen molar-refractivity contribution in [2.75, 3.05) is 0 Å². The van der Waals surface area contributed by atoms with Gasteiger partial charge in [0.2, 0.25) is 0 Å². The summed E-state index contributed by atoms with van der Waals surface area (Å²) in [7, 11) is 0. The molecule has 6 nitrogen and oxygen atoms in total. The van der Waals surface area contributed by atoms with E-state index in [1.165, 1.54) is 12.4 Å². The zero-order chi connectivity index (χ0) is 25.1. The lowest BCUT2D eigenvalue weighted by Crippen LogP contribution is -2.56. The van der Waals surface area contributed by atoms with Gasteiger partial charge in [-0.15, -0.1) is 0 Å². The van der Waals surface area contributed by atoms with Crippen molar-refractivity contribution < 1.29 is 19.1 Å². The minimum atomic E-state index is -1.53. The van der Waals surface area contributed by atoms with Crippen LogP contribution in [0.15, 0.2) is 48.5 Å². The molecular weight excluding hydrogens is 428 g/mol. The molecule has 0 spiro atoms. The topological polar surface area (TPSA) is 86.3 Å². The number of ketones is 2. The van der Waals surface area contributed by atoms with Gasteiger partial charge in [0.05, 0.1) is 0 Å². The van der Waals surface area contributed by atoms with E-state index < -0.39 is 21.9 Å². The Labute approximate surface area is 200 Å². The molecule has 0 amide bonds. The summed E-state index contributed by atoms with van der Waals surface area (Å²) in [6, 6.07) is 14.4. The Kier molecular flexibility index (Phi) is 5.35. The maximum Gasteiger partial charge on any atom is 0.181 e. The van der Waals surface area contributed by atoms with Crippen LogP contribution in [0, 0.1) is 21.2 Å². The molecular formula is C28H32N2O4. The molecule has 4 rings (SSSR count). The van der Waals surface area contributed by atoms with E-state index in [4.69, 9.17) is 0 Å². The monoisotopic (exact) mass is 460 g/mol. The highest BCUT2D eigenvalue weighted by Crippen LogP contribution is 2.54. The van der Waals surface area contributed by atoms with E-state index in [2.05, 4.69) is 0 Å². The molecule has 0 radical (unpaired) electrons. The summed E-state index contributed by atoms with van der Waals surface area (Å²) in [6.45, 7) is 10.5. The van der Waals surface area contributed by atoms with E-state index in [0.717, 1.165) is 20.6 Å². The molecule has 0 N–H and O–H groups in total. The lowest BCUT2D eigenvalue weighted by Gasteiger charge is -2.38. The summed E-state index contributed by atoms with van der Waals surface area (Å²) in [5, 5.41) is 26.8. The van der Waals surface area contributed by atoms with Crippen molar-refractivity contribution in [3.8, 4) is 0 Å². The van der Waals surface area contributed by atoms with Crippen LogP contribution in [0.2, 0.25) is 0 Å². The molecule has 2 aliphatic carbocycles. The van der Waals surface area contributed by atoms with Gasteiger partial charge in [-0.1, -0.05) is 48.5 Å². The van der Waals surface area contributed by atoms with Gasteiger partial charge in [0.1, 0.15) is 10.8 Å². The molecule has 2 atom stereocenters. The van der Waals surface area contributed by atoms with Crippen molar-refractivity contribution in [3.63, 3.8) is 0 Å². The number of hydrogen-bond donors (Lipinski definition) is 0. The highest BCUT2D eigenvalue weighted by atomic mass is 16.5. The number of rotatable bonds is 3. The first kappa shape index (κ1) is 23.9. The Morgan fingerprint density at radius 2 is 1.00 bits per heavy atom. The van der Waals surface area contributed by atoms with Gasteiger partial charge in [-0.2, -0.15) is 0 Å². The SMILES string of the molecule is CC(C)(C)[N+]([O-])=CC1(C2(/C=[N+](\[O-])C(C)(C)C)Cc3ccccc3C2=O)Cc2ccccc2C1=O. The third kappa shape index (κ3) is 3.47. The number of Topliss-reactive ketones (excluding diaryl/α,β-unsaturated/α-hetero) is 2. The minimum Gasteiger partial charge on any atom is -0.624 e. The van der Waals surface area contributed by atoms with E-state index in [9.17, 15) is 20.0 Å². The first-order valence-electron chi connectivity index (χ1n) is 11.6. The molecule has 0 fully saturated rings. The normalized spacial score (nSPS) is 25.5. The van der Waals surface area contributed by atoms with Crippen molar-refractivity contribution in [2.45, 2.75) is 65.5 Å². The molecule has 178 valence electrons. The molecule has 2 aliphatic rings. The average molecular weight is 461 g/mol. The van der Waals surface area contributed by atoms with Crippen LogP contribution >= 0.6 is 0 Å². The fourth-order valence-corrected chi connectivity index (χ4v) is 4.98. The zero-order valence-electron chi connectivity index (χ0n) is 20.7. The molecule has 2 aromatic rings. The van der Waals surface area contributed by atoms with Gasteiger partial charge in [0.25, 0.3) is 0 Å². The maximum absolute atomic E-state index is 14.2. The fourth-order valence-electron chi connectivity index (χ4n) is 4.98. The van der Waals surface area contributed by atoms with Gasteiger partial charge >= 0.3 is 0 Å². The second-order valence-electron chi connectivity index (χ2n) is 11.5. The fraction of sp³-hybridized carbons (Fsp3) is 0.429. The molecule has 6 heteroatoms. The van der Waals surface area contributed by atoms with E-state index in [1.54, 1.807) is 65.8 Å². The van der Waals surface area contributed by atoms with Crippen LogP contribution in [0.25, 0.3) is 0 Å². The number of benzene rings is 2. The molecule has 2 aromatic carbocycles.